The summed E-state index contributed by atoms with van der Waals surface area (Å²) in [5.74, 6) is -0.455. The Hall–Kier alpha value is -2.87. The predicted molar refractivity (Wildman–Crippen MR) is 124 cm³/mol. The Morgan fingerprint density at radius 2 is 1.64 bits per heavy atom. The van der Waals surface area contributed by atoms with Crippen LogP contribution in [0.25, 0.3) is 22.0 Å². The van der Waals surface area contributed by atoms with Gasteiger partial charge in [-0.3, -0.25) is 0 Å². The molecular weight excluding hydrogens is 456 g/mol. The fraction of sp³-hybridized carbons (Fsp3) is 0.200. The Labute approximate surface area is 195 Å². The van der Waals surface area contributed by atoms with Crippen molar-refractivity contribution >= 4 is 23.3 Å². The van der Waals surface area contributed by atoms with Crippen LogP contribution in [0.5, 0.6) is 0 Å². The largest absolute Gasteiger partial charge is 0.417 e. The molecule has 0 amide bonds. The molecule has 1 heterocycles. The van der Waals surface area contributed by atoms with Crippen LogP contribution < -0.4 is 5.32 Å². The lowest BCUT2D eigenvalue weighted by atomic mass is 9.99. The van der Waals surface area contributed by atoms with Gasteiger partial charge in [0.25, 0.3) is 0 Å². The van der Waals surface area contributed by atoms with Gasteiger partial charge in [-0.25, -0.2) is 4.39 Å². The molecular formula is C25H23ClF4N2O. The third-order valence-corrected chi connectivity index (χ3v) is 5.53. The molecule has 0 aliphatic rings. The number of nitrogens with one attached hydrogen (secondary N) is 1. The van der Waals surface area contributed by atoms with Gasteiger partial charge in [-0.1, -0.05) is 48.5 Å². The van der Waals surface area contributed by atoms with Gasteiger partial charge in [-0.05, 0) is 42.4 Å². The SMILES string of the molecule is CNC[C@@H](O)[C@H](c1cccc(F)c1)n1cc(-c2ccccc2C(F)(F)F)c2ccccc21.Cl. The van der Waals surface area contributed by atoms with Crippen LogP contribution in [-0.2, 0) is 6.18 Å². The van der Waals surface area contributed by atoms with Gasteiger partial charge in [0.05, 0.1) is 17.7 Å². The second-order valence-corrected chi connectivity index (χ2v) is 7.64. The van der Waals surface area contributed by atoms with Crippen molar-refractivity contribution in [2.45, 2.75) is 18.3 Å². The molecule has 4 aromatic rings. The fourth-order valence-electron chi connectivity index (χ4n) is 4.19. The normalized spacial score (nSPS) is 13.5. The van der Waals surface area contributed by atoms with Crippen LogP contribution in [0.15, 0.2) is 79.0 Å². The molecule has 0 saturated carbocycles. The van der Waals surface area contributed by atoms with Crippen LogP contribution in [0.2, 0.25) is 0 Å². The highest BCUT2D eigenvalue weighted by Gasteiger charge is 2.34. The van der Waals surface area contributed by atoms with Gasteiger partial charge in [-0.15, -0.1) is 12.4 Å². The number of alkyl halides is 3. The topological polar surface area (TPSA) is 37.2 Å². The van der Waals surface area contributed by atoms with E-state index in [1.54, 1.807) is 60.3 Å². The van der Waals surface area contributed by atoms with Crippen molar-refractivity contribution in [3.05, 3.63) is 95.9 Å². The number of hydrogen-bond acceptors (Lipinski definition) is 2. The average molecular weight is 479 g/mol. The molecule has 174 valence electrons. The summed E-state index contributed by atoms with van der Waals surface area (Å²) in [4.78, 5) is 0. The Kier molecular flexibility index (Phi) is 7.47. The number of halogens is 5. The number of benzene rings is 3. The molecule has 0 saturated heterocycles. The minimum atomic E-state index is -4.52. The molecule has 33 heavy (non-hydrogen) atoms. The quantitative estimate of drug-likeness (QED) is 0.331. The van der Waals surface area contributed by atoms with Gasteiger partial charge in [0.2, 0.25) is 0 Å². The molecule has 1 aromatic heterocycles. The Morgan fingerprint density at radius 3 is 2.33 bits per heavy atom. The number of rotatable bonds is 6. The Balaban J connectivity index is 0.00000306. The Bertz CT molecular complexity index is 1240. The predicted octanol–water partition coefficient (Wildman–Crippen LogP) is 6.06. The van der Waals surface area contributed by atoms with E-state index in [9.17, 15) is 22.7 Å². The lowest BCUT2D eigenvalue weighted by Crippen LogP contribution is -2.33. The number of fused-ring (bicyclic) bond motifs is 1. The van der Waals surface area contributed by atoms with Crippen molar-refractivity contribution in [1.29, 1.82) is 0 Å². The average Bonchev–Trinajstić information content (AvgIpc) is 3.13. The molecule has 0 spiro atoms. The number of likely N-dealkylation sites (N-methyl/N-ethyl adjacent to an activating group) is 1. The molecule has 3 aromatic carbocycles. The third-order valence-electron chi connectivity index (χ3n) is 5.53. The summed E-state index contributed by atoms with van der Waals surface area (Å²) in [5.41, 5.74) is 0.872. The van der Waals surface area contributed by atoms with Crippen molar-refractivity contribution in [3.8, 4) is 11.1 Å². The first-order chi connectivity index (χ1) is 15.3. The van der Waals surface area contributed by atoms with Crippen LogP contribution in [0.1, 0.15) is 17.2 Å². The second-order valence-electron chi connectivity index (χ2n) is 7.64. The number of nitrogens with zero attached hydrogens (tertiary/aromatic N) is 1. The van der Waals surface area contributed by atoms with E-state index in [4.69, 9.17) is 0 Å². The van der Waals surface area contributed by atoms with Gasteiger partial charge in [-0.2, -0.15) is 13.2 Å². The summed E-state index contributed by atoms with van der Waals surface area (Å²) in [6.07, 6.45) is -3.86. The molecule has 0 radical (unpaired) electrons. The van der Waals surface area contributed by atoms with Crippen molar-refractivity contribution < 1.29 is 22.7 Å². The molecule has 0 aliphatic heterocycles. The van der Waals surface area contributed by atoms with Crippen molar-refractivity contribution in [2.24, 2.45) is 0 Å². The monoisotopic (exact) mass is 478 g/mol. The molecule has 0 bridgehead atoms. The standard InChI is InChI=1S/C25H22F4N2O.ClH/c1-30-14-23(32)24(16-7-6-8-17(26)13-16)31-15-20(19-10-3-5-12-22(19)31)18-9-2-4-11-21(18)25(27,28)29;/h2-13,15,23-24,30,32H,14H2,1H3;1H/t23-,24+;/m1./s1. The zero-order valence-electron chi connectivity index (χ0n) is 17.7. The molecule has 2 atom stereocenters. The number of hydrogen-bond donors (Lipinski definition) is 2. The third kappa shape index (κ3) is 4.90. The lowest BCUT2D eigenvalue weighted by molar-refractivity contribution is -0.137. The molecule has 0 aliphatic carbocycles. The number of aromatic nitrogens is 1. The number of para-hydroxylation sites is 1. The van der Waals surface area contributed by atoms with Crippen molar-refractivity contribution in [2.75, 3.05) is 13.6 Å². The van der Waals surface area contributed by atoms with Crippen LogP contribution in [0.4, 0.5) is 17.6 Å². The Morgan fingerprint density at radius 1 is 0.939 bits per heavy atom. The number of aliphatic hydroxyl groups excluding tert-OH is 1. The highest BCUT2D eigenvalue weighted by atomic mass is 35.5. The van der Waals surface area contributed by atoms with E-state index in [1.807, 2.05) is 0 Å². The molecule has 4 rings (SSSR count). The van der Waals surface area contributed by atoms with Gasteiger partial charge in [0, 0.05) is 29.2 Å². The van der Waals surface area contributed by atoms with Crippen LogP contribution >= 0.6 is 12.4 Å². The lowest BCUT2D eigenvalue weighted by Gasteiger charge is -2.26. The van der Waals surface area contributed by atoms with Crippen molar-refractivity contribution in [3.63, 3.8) is 0 Å². The minimum Gasteiger partial charge on any atom is -0.389 e. The molecule has 2 N–H and O–H groups in total. The van der Waals surface area contributed by atoms with E-state index in [-0.39, 0.29) is 24.5 Å². The van der Waals surface area contributed by atoms with E-state index in [0.717, 1.165) is 6.07 Å². The smallest absolute Gasteiger partial charge is 0.389 e. The molecule has 8 heteroatoms. The van der Waals surface area contributed by atoms with Crippen molar-refractivity contribution in [1.82, 2.24) is 9.88 Å². The van der Waals surface area contributed by atoms with E-state index in [0.29, 0.717) is 22.0 Å². The first kappa shape index (κ1) is 24.8. The summed E-state index contributed by atoms with van der Waals surface area (Å²) < 4.78 is 57.0. The zero-order chi connectivity index (χ0) is 22.9. The maximum atomic E-state index is 14.0. The summed E-state index contributed by atoms with van der Waals surface area (Å²) in [5, 5.41) is 14.5. The molecule has 0 fully saturated rings. The highest BCUT2D eigenvalue weighted by molar-refractivity contribution is 5.97. The van der Waals surface area contributed by atoms with Gasteiger partial charge in [0.1, 0.15) is 5.82 Å². The van der Waals surface area contributed by atoms with E-state index >= 15 is 0 Å². The first-order valence-electron chi connectivity index (χ1n) is 10.2. The van der Waals surface area contributed by atoms with Gasteiger partial charge >= 0.3 is 6.18 Å². The maximum absolute atomic E-state index is 14.0. The minimum absolute atomic E-state index is 0. The summed E-state index contributed by atoms with van der Waals surface area (Å²) in [6, 6.07) is 17.7. The van der Waals surface area contributed by atoms with E-state index in [2.05, 4.69) is 5.32 Å². The summed E-state index contributed by atoms with van der Waals surface area (Å²) in [7, 11) is 1.69. The number of aliphatic hydroxyl groups is 1. The van der Waals surface area contributed by atoms with Crippen LogP contribution in [0.3, 0.4) is 0 Å². The molecule has 0 unspecified atom stereocenters. The highest BCUT2D eigenvalue weighted by Crippen LogP contribution is 2.41. The zero-order valence-corrected chi connectivity index (χ0v) is 18.5. The second kappa shape index (κ2) is 9.95. The summed E-state index contributed by atoms with van der Waals surface area (Å²) in [6.45, 7) is 0.210. The van der Waals surface area contributed by atoms with Gasteiger partial charge in [0.15, 0.2) is 0 Å². The molecule has 3 nitrogen and oxygen atoms in total. The van der Waals surface area contributed by atoms with Crippen LogP contribution in [0, 0.1) is 5.82 Å². The van der Waals surface area contributed by atoms with Gasteiger partial charge < -0.3 is 15.0 Å². The first-order valence-corrected chi connectivity index (χ1v) is 10.2. The van der Waals surface area contributed by atoms with E-state index in [1.165, 1.54) is 24.3 Å². The van der Waals surface area contributed by atoms with E-state index < -0.39 is 29.7 Å². The summed E-state index contributed by atoms with van der Waals surface area (Å²) >= 11 is 0. The fourth-order valence-corrected chi connectivity index (χ4v) is 4.19. The van der Waals surface area contributed by atoms with Crippen LogP contribution in [-0.4, -0.2) is 29.4 Å². The maximum Gasteiger partial charge on any atom is 0.417 e.